The molecule has 3 aromatic rings. The second kappa shape index (κ2) is 13.7. The van der Waals surface area contributed by atoms with Crippen molar-refractivity contribution in [1.29, 1.82) is 0 Å². The number of likely N-dealkylation sites (tertiary alicyclic amines) is 1. The molecule has 10 heteroatoms. The van der Waals surface area contributed by atoms with Crippen LogP contribution in [0.2, 0.25) is 0 Å². The van der Waals surface area contributed by atoms with Crippen molar-refractivity contribution in [3.63, 3.8) is 0 Å². The van der Waals surface area contributed by atoms with E-state index < -0.39 is 6.10 Å². The number of carbonyl (C=O) groups is 2. The van der Waals surface area contributed by atoms with Crippen LogP contribution < -0.4 is 10.1 Å². The molecule has 2 amide bonds. The molecule has 0 radical (unpaired) electrons. The van der Waals surface area contributed by atoms with E-state index >= 15 is 0 Å². The summed E-state index contributed by atoms with van der Waals surface area (Å²) in [6.45, 7) is 9.96. The molecule has 0 unspecified atom stereocenters. The van der Waals surface area contributed by atoms with Crippen LogP contribution in [0, 0.1) is 11.3 Å². The number of ether oxygens (including phenoxy) is 1. The maximum Gasteiger partial charge on any atom is 0.251 e. The predicted molar refractivity (Wildman–Crippen MR) is 161 cm³/mol. The molecule has 0 saturated carbocycles. The van der Waals surface area contributed by atoms with E-state index in [1.165, 1.54) is 17.5 Å². The van der Waals surface area contributed by atoms with Crippen molar-refractivity contribution in [3.05, 3.63) is 77.3 Å². The fraction of sp³-hybridized carbons (Fsp3) is 0.515. The zero-order chi connectivity index (χ0) is 30.4. The van der Waals surface area contributed by atoms with Crippen molar-refractivity contribution in [2.45, 2.75) is 65.7 Å². The lowest BCUT2D eigenvalue weighted by atomic mass is 9.89. The number of carbonyl (C=O) groups excluding carboxylic acids is 2. The van der Waals surface area contributed by atoms with E-state index in [1.807, 2.05) is 37.8 Å². The Morgan fingerprint density at radius 2 is 1.95 bits per heavy atom. The molecule has 2 aliphatic rings. The maximum atomic E-state index is 12.9. The molecule has 10 nitrogen and oxygen atoms in total. The summed E-state index contributed by atoms with van der Waals surface area (Å²) in [6.07, 6.45) is 7.54. The van der Waals surface area contributed by atoms with Gasteiger partial charge in [0, 0.05) is 62.1 Å². The van der Waals surface area contributed by atoms with Gasteiger partial charge in [-0.3, -0.25) is 19.5 Å². The lowest BCUT2D eigenvalue weighted by Gasteiger charge is -2.35. The van der Waals surface area contributed by atoms with Gasteiger partial charge in [0.1, 0.15) is 12.4 Å². The number of aliphatic hydroxyl groups excluding tert-OH is 1. The molecular formula is C33H43N5O5. The van der Waals surface area contributed by atoms with Crippen LogP contribution in [0.25, 0.3) is 0 Å². The Morgan fingerprint density at radius 1 is 1.14 bits per heavy atom. The molecule has 43 heavy (non-hydrogen) atoms. The molecule has 1 saturated heterocycles. The minimum atomic E-state index is -0.683. The van der Waals surface area contributed by atoms with Gasteiger partial charge in [-0.2, -0.15) is 0 Å². The number of β-amino-alcohol motifs (C(OH)–C–C–N with tert-alkyl or cyclic N) is 1. The average Bonchev–Trinajstić information content (AvgIpc) is 3.52. The molecule has 2 N–H and O–H groups in total. The smallest absolute Gasteiger partial charge is 0.251 e. The lowest BCUT2D eigenvalue weighted by Crippen LogP contribution is -2.44. The van der Waals surface area contributed by atoms with Crippen molar-refractivity contribution < 1.29 is 23.8 Å². The number of piperidine rings is 1. The standard InChI is InChI=1S/C33H43N5O5/c1-33(2,3)32(41)38-12-7-23(8-13-38)14-27-15-25(6-10-35-27)31(40)36-17-28(39)20-37-11-9-24-16-29(5-4-26(24)19-37)42-21-30-18-34-22-43-30/h4-6,10,15-16,18,22-23,28,39H,7-9,11-14,17,19-21H2,1-3H3,(H,36,40)/t28-/m0/s1. The van der Waals surface area contributed by atoms with Crippen molar-refractivity contribution in [2.75, 3.05) is 32.7 Å². The third-order valence-electron chi connectivity index (χ3n) is 8.22. The minimum absolute atomic E-state index is 0.175. The highest BCUT2D eigenvalue weighted by atomic mass is 16.5. The minimum Gasteiger partial charge on any atom is -0.486 e. The lowest BCUT2D eigenvalue weighted by molar-refractivity contribution is -0.140. The number of nitrogens with zero attached hydrogens (tertiary/aromatic N) is 4. The van der Waals surface area contributed by atoms with E-state index in [-0.39, 0.29) is 23.8 Å². The van der Waals surface area contributed by atoms with E-state index in [9.17, 15) is 14.7 Å². The Morgan fingerprint density at radius 3 is 2.70 bits per heavy atom. The molecule has 1 aromatic carbocycles. The van der Waals surface area contributed by atoms with Gasteiger partial charge >= 0.3 is 0 Å². The molecule has 0 spiro atoms. The quantitative estimate of drug-likeness (QED) is 0.368. The van der Waals surface area contributed by atoms with Crippen LogP contribution in [-0.4, -0.2) is 75.5 Å². The fourth-order valence-electron chi connectivity index (χ4n) is 5.82. The Kier molecular flexibility index (Phi) is 9.77. The summed E-state index contributed by atoms with van der Waals surface area (Å²) in [5.74, 6) is 1.90. The Labute approximate surface area is 253 Å². The summed E-state index contributed by atoms with van der Waals surface area (Å²) in [6, 6.07) is 9.65. The molecule has 1 atom stereocenters. The van der Waals surface area contributed by atoms with Gasteiger partial charge in [-0.15, -0.1) is 0 Å². The van der Waals surface area contributed by atoms with Crippen LogP contribution in [0.3, 0.4) is 0 Å². The van der Waals surface area contributed by atoms with Gasteiger partial charge in [-0.1, -0.05) is 26.8 Å². The summed E-state index contributed by atoms with van der Waals surface area (Å²) >= 11 is 0. The summed E-state index contributed by atoms with van der Waals surface area (Å²) in [4.78, 5) is 38.0. The van der Waals surface area contributed by atoms with Crippen molar-refractivity contribution in [1.82, 2.24) is 25.1 Å². The molecule has 5 rings (SSSR count). The highest BCUT2D eigenvalue weighted by molar-refractivity contribution is 5.94. The van der Waals surface area contributed by atoms with Crippen LogP contribution in [0.15, 0.2) is 53.5 Å². The van der Waals surface area contributed by atoms with Crippen LogP contribution in [0.4, 0.5) is 0 Å². The normalized spacial score (nSPS) is 16.9. The van der Waals surface area contributed by atoms with E-state index in [1.54, 1.807) is 18.5 Å². The van der Waals surface area contributed by atoms with Gasteiger partial charge in [-0.25, -0.2) is 4.98 Å². The monoisotopic (exact) mass is 589 g/mol. The number of aliphatic hydroxyl groups is 1. The second-order valence-electron chi connectivity index (χ2n) is 12.8. The molecule has 0 aliphatic carbocycles. The largest absolute Gasteiger partial charge is 0.486 e. The van der Waals surface area contributed by atoms with Crippen molar-refractivity contribution in [2.24, 2.45) is 11.3 Å². The summed E-state index contributed by atoms with van der Waals surface area (Å²) in [5.41, 5.74) is 3.53. The van der Waals surface area contributed by atoms with E-state index in [4.69, 9.17) is 9.15 Å². The zero-order valence-electron chi connectivity index (χ0n) is 25.4. The number of aromatic nitrogens is 2. The number of fused-ring (bicyclic) bond motifs is 1. The van der Waals surface area contributed by atoms with Crippen molar-refractivity contribution in [3.8, 4) is 5.75 Å². The van der Waals surface area contributed by atoms with Crippen LogP contribution >= 0.6 is 0 Å². The third-order valence-corrected chi connectivity index (χ3v) is 8.22. The van der Waals surface area contributed by atoms with Gasteiger partial charge < -0.3 is 24.5 Å². The Hall–Kier alpha value is -3.76. The molecule has 2 aromatic heterocycles. The number of benzene rings is 1. The first-order valence-electron chi connectivity index (χ1n) is 15.2. The van der Waals surface area contributed by atoms with Crippen molar-refractivity contribution >= 4 is 11.8 Å². The topological polar surface area (TPSA) is 121 Å². The van der Waals surface area contributed by atoms with E-state index in [2.05, 4.69) is 32.3 Å². The highest BCUT2D eigenvalue weighted by Gasteiger charge is 2.30. The molecule has 230 valence electrons. The SMILES string of the molecule is CC(C)(C)C(=O)N1CCC(Cc2cc(C(=O)NC[C@H](O)CN3CCc4cc(OCc5cnco5)ccc4C3)ccn2)CC1. The van der Waals surface area contributed by atoms with E-state index in [0.29, 0.717) is 30.4 Å². The number of oxazole rings is 1. The number of hydrogen-bond donors (Lipinski definition) is 2. The Balaban J connectivity index is 1.04. The molecular weight excluding hydrogens is 546 g/mol. The van der Waals surface area contributed by atoms with E-state index in [0.717, 1.165) is 63.3 Å². The van der Waals surface area contributed by atoms with Crippen LogP contribution in [-0.2, 0) is 30.8 Å². The number of nitrogens with one attached hydrogen (secondary N) is 1. The van der Waals surface area contributed by atoms with Gasteiger partial charge in [0.2, 0.25) is 5.91 Å². The van der Waals surface area contributed by atoms with Gasteiger partial charge in [0.05, 0.1) is 12.3 Å². The fourth-order valence-corrected chi connectivity index (χ4v) is 5.82. The molecule has 2 aliphatic heterocycles. The van der Waals surface area contributed by atoms with Gasteiger partial charge in [0.15, 0.2) is 12.2 Å². The molecule has 1 fully saturated rings. The number of hydrogen-bond acceptors (Lipinski definition) is 8. The predicted octanol–water partition coefficient (Wildman–Crippen LogP) is 3.62. The third kappa shape index (κ3) is 8.42. The maximum absolute atomic E-state index is 12.9. The first-order valence-corrected chi connectivity index (χ1v) is 15.2. The molecule has 4 heterocycles. The summed E-state index contributed by atoms with van der Waals surface area (Å²) < 4.78 is 11.0. The van der Waals surface area contributed by atoms with Gasteiger partial charge in [0.25, 0.3) is 5.91 Å². The average molecular weight is 590 g/mol. The number of rotatable bonds is 10. The van der Waals surface area contributed by atoms with Gasteiger partial charge in [-0.05, 0) is 67.0 Å². The second-order valence-corrected chi connectivity index (χ2v) is 12.8. The van der Waals surface area contributed by atoms with Crippen LogP contribution in [0.5, 0.6) is 5.75 Å². The van der Waals surface area contributed by atoms with Crippen LogP contribution in [0.1, 0.15) is 66.6 Å². The summed E-state index contributed by atoms with van der Waals surface area (Å²) in [5, 5.41) is 13.6. The zero-order valence-corrected chi connectivity index (χ0v) is 25.4. The summed E-state index contributed by atoms with van der Waals surface area (Å²) in [7, 11) is 0. The highest BCUT2D eigenvalue weighted by Crippen LogP contribution is 2.26. The Bertz CT molecular complexity index is 1380. The first-order chi connectivity index (χ1) is 20.6. The number of pyridine rings is 1. The molecule has 0 bridgehead atoms. The first kappa shape index (κ1) is 30.7. The number of amides is 2.